The van der Waals surface area contributed by atoms with Gasteiger partial charge in [-0.2, -0.15) is 5.10 Å². The zero-order valence-corrected chi connectivity index (χ0v) is 17.2. The number of aryl methyl sites for hydroxylation is 1. The summed E-state index contributed by atoms with van der Waals surface area (Å²) in [6.07, 6.45) is 1.69. The Morgan fingerprint density at radius 1 is 1.18 bits per heavy atom. The summed E-state index contributed by atoms with van der Waals surface area (Å²) in [6.45, 7) is 11.6. The van der Waals surface area contributed by atoms with Gasteiger partial charge in [0.1, 0.15) is 5.15 Å². The second-order valence-electron chi connectivity index (χ2n) is 7.14. The highest BCUT2D eigenvalue weighted by molar-refractivity contribution is 6.30. The number of aromatic nitrogens is 2. The highest BCUT2D eigenvalue weighted by Gasteiger charge is 2.22. The van der Waals surface area contributed by atoms with Crippen molar-refractivity contribution in [3.63, 3.8) is 0 Å². The normalized spacial score (nSPS) is 15.5. The van der Waals surface area contributed by atoms with Crippen molar-refractivity contribution in [2.24, 2.45) is 0 Å². The third kappa shape index (κ3) is 5.44. The molecule has 28 heavy (non-hydrogen) atoms. The first-order chi connectivity index (χ1) is 13.6. The lowest BCUT2D eigenvalue weighted by molar-refractivity contribution is -0.122. The maximum absolute atomic E-state index is 11.8. The van der Waals surface area contributed by atoms with E-state index in [0.717, 1.165) is 44.0 Å². The molecule has 1 aromatic heterocycles. The van der Waals surface area contributed by atoms with Crippen molar-refractivity contribution in [1.82, 2.24) is 24.9 Å². The average Bonchev–Trinajstić information content (AvgIpc) is 2.96. The van der Waals surface area contributed by atoms with Crippen molar-refractivity contribution in [2.45, 2.75) is 20.0 Å². The van der Waals surface area contributed by atoms with E-state index < -0.39 is 0 Å². The molecule has 0 unspecified atom stereocenters. The molecule has 3 rings (SSSR count). The fourth-order valence-electron chi connectivity index (χ4n) is 3.41. The van der Waals surface area contributed by atoms with Crippen LogP contribution in [0.5, 0.6) is 0 Å². The third-order valence-corrected chi connectivity index (χ3v) is 5.44. The molecule has 6 nitrogen and oxygen atoms in total. The molecule has 0 spiro atoms. The topological polar surface area (TPSA) is 53.4 Å². The van der Waals surface area contributed by atoms with Gasteiger partial charge >= 0.3 is 0 Å². The Labute approximate surface area is 171 Å². The van der Waals surface area contributed by atoms with Crippen molar-refractivity contribution in [1.29, 1.82) is 0 Å². The highest BCUT2D eigenvalue weighted by atomic mass is 35.5. The number of nitrogens with zero attached hydrogens (tertiary/aromatic N) is 4. The van der Waals surface area contributed by atoms with Crippen LogP contribution in [0.3, 0.4) is 0 Å². The number of rotatable bonds is 8. The number of hydrogen-bond acceptors (Lipinski definition) is 4. The van der Waals surface area contributed by atoms with Gasteiger partial charge in [0.2, 0.25) is 5.91 Å². The van der Waals surface area contributed by atoms with E-state index in [1.165, 1.54) is 5.56 Å². The maximum atomic E-state index is 11.8. The zero-order chi connectivity index (χ0) is 19.9. The average molecular weight is 402 g/mol. The summed E-state index contributed by atoms with van der Waals surface area (Å²) in [6, 6.07) is 10.2. The van der Waals surface area contributed by atoms with Crippen LogP contribution < -0.4 is 5.32 Å². The van der Waals surface area contributed by atoms with Crippen LogP contribution in [0.15, 0.2) is 43.0 Å². The van der Waals surface area contributed by atoms with E-state index in [0.29, 0.717) is 24.8 Å². The first kappa shape index (κ1) is 20.6. The van der Waals surface area contributed by atoms with Crippen LogP contribution in [-0.4, -0.2) is 64.8 Å². The van der Waals surface area contributed by atoms with Crippen LogP contribution in [0.2, 0.25) is 5.15 Å². The van der Waals surface area contributed by atoms with Gasteiger partial charge in [-0.25, -0.2) is 4.68 Å². The van der Waals surface area contributed by atoms with Gasteiger partial charge in [0.15, 0.2) is 0 Å². The fourth-order valence-corrected chi connectivity index (χ4v) is 3.70. The Morgan fingerprint density at radius 2 is 1.86 bits per heavy atom. The summed E-state index contributed by atoms with van der Waals surface area (Å²) in [5.74, 6) is 0.0504. The van der Waals surface area contributed by atoms with Crippen molar-refractivity contribution in [3.05, 3.63) is 65.0 Å². The number of halogens is 1. The first-order valence-corrected chi connectivity index (χ1v) is 10.0. The van der Waals surface area contributed by atoms with Gasteiger partial charge in [0.25, 0.3) is 0 Å². The van der Waals surface area contributed by atoms with Crippen LogP contribution in [0.25, 0.3) is 0 Å². The van der Waals surface area contributed by atoms with Crippen molar-refractivity contribution < 1.29 is 4.79 Å². The van der Waals surface area contributed by atoms with E-state index in [9.17, 15) is 4.79 Å². The molecule has 0 radical (unpaired) electrons. The molecule has 2 aromatic rings. The van der Waals surface area contributed by atoms with E-state index >= 15 is 0 Å². The Hall–Kier alpha value is -2.15. The van der Waals surface area contributed by atoms with Crippen molar-refractivity contribution in [2.75, 3.05) is 39.3 Å². The second-order valence-corrected chi connectivity index (χ2v) is 7.50. The number of nitrogens with one attached hydrogen (secondary N) is 1. The summed E-state index contributed by atoms with van der Waals surface area (Å²) in [5.41, 5.74) is 3.25. The number of carbonyl (C=O) groups excluding carboxylic acids is 1. The molecular weight excluding hydrogens is 374 g/mol. The molecule has 0 saturated carbocycles. The summed E-state index contributed by atoms with van der Waals surface area (Å²) >= 11 is 6.65. The zero-order valence-electron chi connectivity index (χ0n) is 16.4. The largest absolute Gasteiger partial charge is 0.352 e. The van der Waals surface area contributed by atoms with E-state index in [1.54, 1.807) is 6.08 Å². The molecule has 7 heteroatoms. The molecule has 2 heterocycles. The predicted molar refractivity (Wildman–Crippen MR) is 112 cm³/mol. The molecule has 1 aliphatic rings. The van der Waals surface area contributed by atoms with Gasteiger partial charge in [-0.05, 0) is 12.5 Å². The summed E-state index contributed by atoms with van der Waals surface area (Å²) in [4.78, 5) is 16.4. The Morgan fingerprint density at radius 3 is 2.54 bits per heavy atom. The Kier molecular flexibility index (Phi) is 7.25. The van der Waals surface area contributed by atoms with Crippen LogP contribution in [0.1, 0.15) is 16.8 Å². The van der Waals surface area contributed by atoms with Gasteiger partial charge in [-0.1, -0.05) is 48.0 Å². The number of carbonyl (C=O) groups is 1. The van der Waals surface area contributed by atoms with Gasteiger partial charge in [-0.15, -0.1) is 6.58 Å². The predicted octanol–water partition coefficient (Wildman–Crippen LogP) is 2.31. The molecule has 0 bridgehead atoms. The van der Waals surface area contributed by atoms with Gasteiger partial charge < -0.3 is 5.32 Å². The third-order valence-electron chi connectivity index (χ3n) is 5.02. The van der Waals surface area contributed by atoms with Gasteiger partial charge in [0.05, 0.1) is 18.8 Å². The van der Waals surface area contributed by atoms with Gasteiger partial charge in [0, 0.05) is 44.8 Å². The number of hydrogen-bond donors (Lipinski definition) is 1. The molecule has 0 atom stereocenters. The quantitative estimate of drug-likeness (QED) is 0.690. The van der Waals surface area contributed by atoms with E-state index in [-0.39, 0.29) is 5.91 Å². The first-order valence-electron chi connectivity index (χ1n) is 9.65. The number of piperazine rings is 1. The van der Waals surface area contributed by atoms with E-state index in [1.807, 2.05) is 29.8 Å². The Balaban J connectivity index is 1.54. The highest BCUT2D eigenvalue weighted by Crippen LogP contribution is 2.23. The molecule has 1 amide bonds. The smallest absolute Gasteiger partial charge is 0.234 e. The number of benzene rings is 1. The molecule has 0 aliphatic carbocycles. The second kappa shape index (κ2) is 9.87. The molecule has 1 aromatic carbocycles. The van der Waals surface area contributed by atoms with Crippen LogP contribution in [0, 0.1) is 6.92 Å². The van der Waals surface area contributed by atoms with Gasteiger partial charge in [-0.3, -0.25) is 14.6 Å². The molecule has 1 N–H and O–H groups in total. The van der Waals surface area contributed by atoms with Crippen molar-refractivity contribution >= 4 is 17.5 Å². The van der Waals surface area contributed by atoms with Crippen LogP contribution in [0.4, 0.5) is 0 Å². The molecule has 150 valence electrons. The van der Waals surface area contributed by atoms with E-state index in [4.69, 9.17) is 11.6 Å². The minimum absolute atomic E-state index is 0.0504. The lowest BCUT2D eigenvalue weighted by atomic mass is 10.2. The lowest BCUT2D eigenvalue weighted by Crippen LogP contribution is -2.49. The molecule has 1 aliphatic heterocycles. The van der Waals surface area contributed by atoms with E-state index in [2.05, 4.69) is 38.9 Å². The molecule has 1 saturated heterocycles. The summed E-state index contributed by atoms with van der Waals surface area (Å²) < 4.78 is 1.88. The standard InChI is InChI=1S/C21H28ClN5O/c1-3-9-23-20(28)16-26-12-10-25(11-13-26)15-19-17(2)24-27(21(19)22)14-18-7-5-4-6-8-18/h3-8H,1,9-16H2,2H3,(H,23,28). The molecule has 1 fully saturated rings. The summed E-state index contributed by atoms with van der Waals surface area (Å²) in [7, 11) is 0. The molecular formula is C21H28ClN5O. The monoisotopic (exact) mass is 401 g/mol. The minimum Gasteiger partial charge on any atom is -0.352 e. The maximum Gasteiger partial charge on any atom is 0.234 e. The SMILES string of the molecule is C=CCNC(=O)CN1CCN(Cc2c(C)nn(Cc3ccccc3)c2Cl)CC1. The fraction of sp³-hybridized carbons (Fsp3) is 0.429. The Bertz CT molecular complexity index is 797. The van der Waals surface area contributed by atoms with Crippen LogP contribution in [-0.2, 0) is 17.9 Å². The lowest BCUT2D eigenvalue weighted by Gasteiger charge is -2.34. The van der Waals surface area contributed by atoms with Crippen molar-refractivity contribution in [3.8, 4) is 0 Å². The minimum atomic E-state index is 0.0504. The summed E-state index contributed by atoms with van der Waals surface area (Å²) in [5, 5.41) is 8.18. The van der Waals surface area contributed by atoms with Crippen LogP contribution >= 0.6 is 11.6 Å². The number of amides is 1.